The molecule has 0 heterocycles. The molecule has 0 aromatic carbocycles. The molecule has 15 heavy (non-hydrogen) atoms. The Bertz CT molecular complexity index is 306. The average Bonchev–Trinajstić information content (AvgIpc) is 2.18. The first-order valence-corrected chi connectivity index (χ1v) is 3.77. The predicted octanol–water partition coefficient (Wildman–Crippen LogP) is 3.12. The Morgan fingerprint density at radius 3 is 1.73 bits per heavy atom. The van der Waals surface area contributed by atoms with Gasteiger partial charge < -0.3 is 4.74 Å². The van der Waals surface area contributed by atoms with E-state index in [0.717, 1.165) is 6.92 Å². The number of hydrogen-bond acceptors (Lipinski definition) is 1. The molecule has 0 atom stereocenters. The third-order valence-electron chi connectivity index (χ3n) is 1.84. The fourth-order valence-electron chi connectivity index (χ4n) is 1.06. The number of allylic oxidation sites excluding steroid dienone is 2. The quantitative estimate of drug-likeness (QED) is 0.671. The number of halogens is 7. The van der Waals surface area contributed by atoms with Gasteiger partial charge in [0.1, 0.15) is 0 Å². The van der Waals surface area contributed by atoms with E-state index in [0.29, 0.717) is 0 Å². The smallest absolute Gasteiger partial charge is 0.386 e. The van der Waals surface area contributed by atoms with Gasteiger partial charge in [0.05, 0.1) is 6.61 Å². The van der Waals surface area contributed by atoms with Crippen molar-refractivity contribution in [3.63, 3.8) is 0 Å². The van der Waals surface area contributed by atoms with Crippen LogP contribution in [0.5, 0.6) is 0 Å². The van der Waals surface area contributed by atoms with E-state index in [2.05, 4.69) is 4.74 Å². The lowest BCUT2D eigenvalue weighted by Gasteiger charge is -2.23. The minimum atomic E-state index is -5.81. The molecule has 8 heteroatoms. The van der Waals surface area contributed by atoms with Crippen molar-refractivity contribution in [1.82, 2.24) is 0 Å². The van der Waals surface area contributed by atoms with Gasteiger partial charge in [0.25, 0.3) is 0 Å². The minimum Gasteiger partial charge on any atom is -0.489 e. The molecular weight excluding hydrogens is 233 g/mol. The zero-order valence-corrected chi connectivity index (χ0v) is 7.26. The van der Waals surface area contributed by atoms with Gasteiger partial charge in [-0.25, -0.2) is 4.39 Å². The molecule has 0 spiro atoms. The largest absolute Gasteiger partial charge is 0.489 e. The predicted molar refractivity (Wildman–Crippen MR) is 34.6 cm³/mol. The van der Waals surface area contributed by atoms with Crippen LogP contribution in [0.1, 0.15) is 6.92 Å². The highest BCUT2D eigenvalue weighted by atomic mass is 19.3. The summed E-state index contributed by atoms with van der Waals surface area (Å²) in [6.07, 6.45) is 0. The highest BCUT2D eigenvalue weighted by Gasteiger charge is 2.82. The van der Waals surface area contributed by atoms with Gasteiger partial charge in [-0.2, -0.15) is 26.3 Å². The molecule has 1 aliphatic carbocycles. The molecular formula is C7H5F7O. The summed E-state index contributed by atoms with van der Waals surface area (Å²) in [5.74, 6) is -21.9. The topological polar surface area (TPSA) is 9.23 Å². The van der Waals surface area contributed by atoms with Crippen LogP contribution in [0.4, 0.5) is 30.7 Å². The Hall–Kier alpha value is -0.950. The summed E-state index contributed by atoms with van der Waals surface area (Å²) < 4.78 is 91.5. The average molecular weight is 238 g/mol. The number of rotatable bonds is 2. The summed E-state index contributed by atoms with van der Waals surface area (Å²) in [4.78, 5) is 0. The third kappa shape index (κ3) is 1.23. The Kier molecular flexibility index (Phi) is 2.44. The van der Waals surface area contributed by atoms with Gasteiger partial charge in [-0.05, 0) is 6.92 Å². The number of alkyl halides is 6. The molecule has 0 radical (unpaired) electrons. The van der Waals surface area contributed by atoms with E-state index in [4.69, 9.17) is 0 Å². The fraction of sp³-hybridized carbons (Fsp3) is 0.714. The summed E-state index contributed by atoms with van der Waals surface area (Å²) in [7, 11) is 0. The SMILES string of the molecule is CCOC1=C(F)C(F)(F)C(F)(F)C1(F)F. The standard InChI is InChI=1S/C7H5F7O/c1-2-15-4-3(8)5(9,10)7(13,14)6(4,11)12/h2H2,1H3. The zero-order valence-electron chi connectivity index (χ0n) is 7.26. The second-order valence-electron chi connectivity index (χ2n) is 2.80. The first-order valence-electron chi connectivity index (χ1n) is 3.77. The summed E-state index contributed by atoms with van der Waals surface area (Å²) >= 11 is 0. The van der Waals surface area contributed by atoms with Crippen molar-refractivity contribution in [2.45, 2.75) is 24.7 Å². The van der Waals surface area contributed by atoms with Crippen LogP contribution in [0.25, 0.3) is 0 Å². The lowest BCUT2D eigenvalue weighted by atomic mass is 10.1. The van der Waals surface area contributed by atoms with E-state index >= 15 is 0 Å². The van der Waals surface area contributed by atoms with E-state index in [-0.39, 0.29) is 0 Å². The lowest BCUT2D eigenvalue weighted by molar-refractivity contribution is -0.274. The molecule has 1 aliphatic rings. The monoisotopic (exact) mass is 238 g/mol. The molecule has 0 N–H and O–H groups in total. The number of ether oxygens (including phenoxy) is 1. The first kappa shape index (κ1) is 12.1. The van der Waals surface area contributed by atoms with Crippen LogP contribution in [0.15, 0.2) is 11.6 Å². The molecule has 0 fully saturated rings. The summed E-state index contributed by atoms with van der Waals surface area (Å²) in [5, 5.41) is 0. The van der Waals surface area contributed by atoms with Crippen molar-refractivity contribution in [3.8, 4) is 0 Å². The minimum absolute atomic E-state index is 0.621. The second-order valence-corrected chi connectivity index (χ2v) is 2.80. The van der Waals surface area contributed by atoms with E-state index in [1.807, 2.05) is 0 Å². The van der Waals surface area contributed by atoms with E-state index < -0.39 is 36.0 Å². The summed E-state index contributed by atoms with van der Waals surface area (Å²) in [5.41, 5.74) is 0. The van der Waals surface area contributed by atoms with Crippen LogP contribution < -0.4 is 0 Å². The van der Waals surface area contributed by atoms with Crippen LogP contribution in [-0.2, 0) is 4.74 Å². The van der Waals surface area contributed by atoms with Crippen molar-refractivity contribution in [2.24, 2.45) is 0 Å². The van der Waals surface area contributed by atoms with Gasteiger partial charge in [0.2, 0.25) is 11.6 Å². The Balaban J connectivity index is 3.31. The number of hydrogen-bond donors (Lipinski definition) is 0. The van der Waals surface area contributed by atoms with E-state index in [1.54, 1.807) is 0 Å². The Labute approximate surface area is 79.5 Å². The first-order chi connectivity index (χ1) is 6.60. The van der Waals surface area contributed by atoms with Crippen molar-refractivity contribution in [2.75, 3.05) is 6.61 Å². The zero-order chi connectivity index (χ0) is 12.1. The molecule has 0 aromatic rings. The highest BCUT2D eigenvalue weighted by Crippen LogP contribution is 2.59. The third-order valence-corrected chi connectivity index (χ3v) is 1.84. The molecule has 1 rings (SSSR count). The maximum absolute atomic E-state index is 12.7. The molecule has 0 unspecified atom stereocenters. The highest BCUT2D eigenvalue weighted by molar-refractivity contribution is 5.33. The van der Waals surface area contributed by atoms with Gasteiger partial charge in [0.15, 0.2) is 0 Å². The molecule has 0 amide bonds. The van der Waals surface area contributed by atoms with Crippen LogP contribution in [-0.4, -0.2) is 24.4 Å². The van der Waals surface area contributed by atoms with Crippen LogP contribution >= 0.6 is 0 Å². The van der Waals surface area contributed by atoms with Gasteiger partial charge in [-0.15, -0.1) is 0 Å². The van der Waals surface area contributed by atoms with Crippen LogP contribution in [0, 0.1) is 0 Å². The van der Waals surface area contributed by atoms with Crippen molar-refractivity contribution >= 4 is 0 Å². The van der Waals surface area contributed by atoms with Gasteiger partial charge >= 0.3 is 17.8 Å². The molecule has 0 aromatic heterocycles. The van der Waals surface area contributed by atoms with Gasteiger partial charge in [0, 0.05) is 0 Å². The second kappa shape index (κ2) is 3.02. The maximum atomic E-state index is 12.7. The van der Waals surface area contributed by atoms with Gasteiger partial charge in [-0.3, -0.25) is 0 Å². The summed E-state index contributed by atoms with van der Waals surface area (Å²) in [6, 6.07) is 0. The molecule has 0 aliphatic heterocycles. The maximum Gasteiger partial charge on any atom is 0.386 e. The van der Waals surface area contributed by atoms with Crippen LogP contribution in [0.3, 0.4) is 0 Å². The molecule has 0 saturated carbocycles. The van der Waals surface area contributed by atoms with Crippen molar-refractivity contribution in [1.29, 1.82) is 0 Å². The fourth-order valence-corrected chi connectivity index (χ4v) is 1.06. The molecule has 88 valence electrons. The molecule has 1 nitrogen and oxygen atoms in total. The lowest BCUT2D eigenvalue weighted by Crippen LogP contribution is -2.49. The van der Waals surface area contributed by atoms with Crippen molar-refractivity contribution < 1.29 is 35.5 Å². The Morgan fingerprint density at radius 1 is 1.00 bits per heavy atom. The van der Waals surface area contributed by atoms with Crippen LogP contribution in [0.2, 0.25) is 0 Å². The Morgan fingerprint density at radius 2 is 1.47 bits per heavy atom. The normalized spacial score (nSPS) is 26.9. The molecule has 0 bridgehead atoms. The van der Waals surface area contributed by atoms with E-state index in [9.17, 15) is 30.7 Å². The van der Waals surface area contributed by atoms with E-state index in [1.165, 1.54) is 0 Å². The summed E-state index contributed by atoms with van der Waals surface area (Å²) in [6.45, 7) is 0.454. The van der Waals surface area contributed by atoms with Crippen molar-refractivity contribution in [3.05, 3.63) is 11.6 Å². The van der Waals surface area contributed by atoms with Gasteiger partial charge in [-0.1, -0.05) is 0 Å². The molecule has 0 saturated heterocycles.